The fourth-order valence-electron chi connectivity index (χ4n) is 4.76. The molecule has 0 radical (unpaired) electrons. The van der Waals surface area contributed by atoms with E-state index in [4.69, 9.17) is 15.2 Å². The third kappa shape index (κ3) is 4.01. The van der Waals surface area contributed by atoms with E-state index in [1.54, 1.807) is 60.7 Å². The highest BCUT2D eigenvalue weighted by Gasteiger charge is 2.41. The minimum absolute atomic E-state index is 0.311. The van der Waals surface area contributed by atoms with Crippen LogP contribution in [0.3, 0.4) is 0 Å². The average Bonchev–Trinajstić information content (AvgIpc) is 3.08. The van der Waals surface area contributed by atoms with Gasteiger partial charge in [-0.2, -0.15) is 5.26 Å². The van der Waals surface area contributed by atoms with Gasteiger partial charge in [0.1, 0.15) is 11.8 Å². The van der Waals surface area contributed by atoms with Gasteiger partial charge < -0.3 is 25.8 Å². The van der Waals surface area contributed by atoms with Crippen molar-refractivity contribution >= 4 is 28.9 Å². The molecule has 8 heteroatoms. The molecule has 8 nitrogen and oxygen atoms in total. The van der Waals surface area contributed by atoms with Crippen molar-refractivity contribution in [3.63, 3.8) is 0 Å². The predicted molar refractivity (Wildman–Crippen MR) is 144 cm³/mol. The Labute approximate surface area is 219 Å². The highest BCUT2D eigenvalue weighted by Crippen LogP contribution is 2.40. The number of rotatable bonds is 6. The van der Waals surface area contributed by atoms with Gasteiger partial charge in [-0.05, 0) is 58.7 Å². The number of nitrogens with two attached hydrogens (primary N) is 1. The Morgan fingerprint density at radius 1 is 0.842 bits per heavy atom. The number of benzene rings is 4. The zero-order valence-electron chi connectivity index (χ0n) is 20.7. The lowest BCUT2D eigenvalue weighted by atomic mass is 9.85. The second-order valence-electron chi connectivity index (χ2n) is 8.74. The van der Waals surface area contributed by atoms with Crippen LogP contribution < -0.4 is 21.1 Å². The van der Waals surface area contributed by atoms with Gasteiger partial charge in [-0.1, -0.05) is 48.5 Å². The van der Waals surface area contributed by atoms with E-state index in [2.05, 4.69) is 16.7 Å². The molecule has 1 aliphatic heterocycles. The number of amides is 2. The number of nitriles is 1. The minimum atomic E-state index is -1.54. The molecule has 1 unspecified atom stereocenters. The largest absolute Gasteiger partial charge is 0.495 e. The molecule has 0 saturated carbocycles. The predicted octanol–water partition coefficient (Wildman–Crippen LogP) is 4.92. The van der Waals surface area contributed by atoms with Crippen molar-refractivity contribution in [3.05, 3.63) is 107 Å². The van der Waals surface area contributed by atoms with Crippen LogP contribution >= 0.6 is 0 Å². The number of hydrogen-bond acceptors (Lipinski definition) is 6. The molecule has 0 saturated heterocycles. The molecular weight excluding hydrogens is 480 g/mol. The number of methoxy groups -OCH3 is 2. The Bertz CT molecular complexity index is 1610. The topological polar surface area (TPSA) is 126 Å². The van der Waals surface area contributed by atoms with E-state index < -0.39 is 11.5 Å². The standard InChI is InChI=1S/C30H24N4O4/c1-37-27-15-19(8-9-20(27)17-31)18-10-12-23-25(14-18)33-24-13-11-22(16-26(24)34-28(23)35)30(38-2,29(32)36)21-6-4-3-5-7-21/h3-16,33H,1-2H3,(H2,32,36)(H,34,35). The zero-order chi connectivity index (χ0) is 26.9. The quantitative estimate of drug-likeness (QED) is 0.342. The monoisotopic (exact) mass is 504 g/mol. The molecule has 0 aliphatic carbocycles. The van der Waals surface area contributed by atoms with Crippen molar-refractivity contribution < 1.29 is 19.1 Å². The first-order chi connectivity index (χ1) is 18.4. The van der Waals surface area contributed by atoms with Crippen LogP contribution in [-0.2, 0) is 15.1 Å². The molecule has 2 amide bonds. The number of primary amides is 1. The summed E-state index contributed by atoms with van der Waals surface area (Å²) in [5.74, 6) is -0.517. The number of carbonyl (C=O) groups is 2. The van der Waals surface area contributed by atoms with Crippen molar-refractivity contribution in [2.75, 3.05) is 24.9 Å². The Balaban J connectivity index is 1.57. The number of fused-ring (bicyclic) bond motifs is 2. The molecule has 0 bridgehead atoms. The molecule has 188 valence electrons. The highest BCUT2D eigenvalue weighted by molar-refractivity contribution is 6.12. The first kappa shape index (κ1) is 24.6. The summed E-state index contributed by atoms with van der Waals surface area (Å²) < 4.78 is 11.1. The molecule has 1 heterocycles. The molecule has 5 rings (SSSR count). The Morgan fingerprint density at radius 2 is 1.58 bits per heavy atom. The second kappa shape index (κ2) is 9.73. The lowest BCUT2D eigenvalue weighted by molar-refractivity contribution is -0.136. The number of nitrogens with one attached hydrogen (secondary N) is 2. The Hall–Kier alpha value is -5.13. The van der Waals surface area contributed by atoms with Crippen LogP contribution in [0.5, 0.6) is 5.75 Å². The lowest BCUT2D eigenvalue weighted by Crippen LogP contribution is -2.44. The van der Waals surface area contributed by atoms with Crippen LogP contribution in [0.4, 0.5) is 17.1 Å². The summed E-state index contributed by atoms with van der Waals surface area (Å²) in [6.45, 7) is 0. The summed E-state index contributed by atoms with van der Waals surface area (Å²) in [6, 6.07) is 27.1. The van der Waals surface area contributed by atoms with E-state index in [9.17, 15) is 14.9 Å². The van der Waals surface area contributed by atoms with Crippen LogP contribution in [0, 0.1) is 11.3 Å². The number of anilines is 3. The van der Waals surface area contributed by atoms with Crippen LogP contribution in [-0.4, -0.2) is 26.0 Å². The van der Waals surface area contributed by atoms with E-state index in [-0.39, 0.29) is 5.91 Å². The Morgan fingerprint density at radius 3 is 2.26 bits per heavy atom. The molecule has 4 aromatic carbocycles. The van der Waals surface area contributed by atoms with Crippen LogP contribution in [0.1, 0.15) is 27.0 Å². The van der Waals surface area contributed by atoms with Crippen molar-refractivity contribution in [2.45, 2.75) is 5.60 Å². The van der Waals surface area contributed by atoms with Gasteiger partial charge in [0, 0.05) is 7.11 Å². The normalized spacial score (nSPS) is 13.4. The maximum absolute atomic E-state index is 13.2. The van der Waals surface area contributed by atoms with Crippen molar-refractivity contribution in [1.82, 2.24) is 0 Å². The summed E-state index contributed by atoms with van der Waals surface area (Å²) in [4.78, 5) is 26.0. The third-order valence-corrected chi connectivity index (χ3v) is 6.70. The van der Waals surface area contributed by atoms with Gasteiger partial charge >= 0.3 is 0 Å². The first-order valence-electron chi connectivity index (χ1n) is 11.8. The minimum Gasteiger partial charge on any atom is -0.495 e. The van der Waals surface area contributed by atoms with Crippen LogP contribution in [0.2, 0.25) is 0 Å². The molecule has 1 atom stereocenters. The lowest BCUT2D eigenvalue weighted by Gasteiger charge is -2.31. The maximum Gasteiger partial charge on any atom is 0.259 e. The zero-order valence-corrected chi connectivity index (χ0v) is 20.7. The number of nitrogens with zero attached hydrogens (tertiary/aromatic N) is 1. The van der Waals surface area contributed by atoms with E-state index in [0.717, 1.165) is 11.1 Å². The molecule has 4 N–H and O–H groups in total. The number of carbonyl (C=O) groups excluding carboxylic acids is 2. The van der Waals surface area contributed by atoms with Crippen molar-refractivity contribution in [3.8, 4) is 22.9 Å². The summed E-state index contributed by atoms with van der Waals surface area (Å²) in [6.07, 6.45) is 0. The van der Waals surface area contributed by atoms with Gasteiger partial charge in [0.05, 0.1) is 35.3 Å². The molecule has 1 aliphatic rings. The number of hydrogen-bond donors (Lipinski definition) is 3. The molecule has 0 spiro atoms. The van der Waals surface area contributed by atoms with E-state index in [1.807, 2.05) is 24.3 Å². The first-order valence-corrected chi connectivity index (χ1v) is 11.8. The summed E-state index contributed by atoms with van der Waals surface area (Å²) in [7, 11) is 2.94. The molecular formula is C30H24N4O4. The van der Waals surface area contributed by atoms with Gasteiger partial charge in [0.15, 0.2) is 5.60 Å². The third-order valence-electron chi connectivity index (χ3n) is 6.70. The summed E-state index contributed by atoms with van der Waals surface area (Å²) in [5, 5.41) is 15.6. The van der Waals surface area contributed by atoms with Gasteiger partial charge in [-0.3, -0.25) is 9.59 Å². The SMILES string of the molecule is COc1cc(-c2ccc3c(c2)Nc2ccc(C(OC)(C(N)=O)c4ccccc4)cc2NC3=O)ccc1C#N. The van der Waals surface area contributed by atoms with Gasteiger partial charge in [0.25, 0.3) is 11.8 Å². The maximum atomic E-state index is 13.2. The van der Waals surface area contributed by atoms with Gasteiger partial charge in [-0.25, -0.2) is 0 Å². The van der Waals surface area contributed by atoms with Gasteiger partial charge in [-0.15, -0.1) is 0 Å². The van der Waals surface area contributed by atoms with Crippen molar-refractivity contribution in [2.24, 2.45) is 5.73 Å². The van der Waals surface area contributed by atoms with E-state index >= 15 is 0 Å². The fraction of sp³-hybridized carbons (Fsp3) is 0.100. The molecule has 38 heavy (non-hydrogen) atoms. The molecule has 4 aromatic rings. The van der Waals surface area contributed by atoms with Crippen molar-refractivity contribution in [1.29, 1.82) is 5.26 Å². The van der Waals surface area contributed by atoms with Gasteiger partial charge in [0.2, 0.25) is 0 Å². The van der Waals surface area contributed by atoms with E-state index in [1.165, 1.54) is 14.2 Å². The second-order valence-corrected chi connectivity index (χ2v) is 8.74. The summed E-state index contributed by atoms with van der Waals surface area (Å²) >= 11 is 0. The molecule has 0 aromatic heterocycles. The Kier molecular flexibility index (Phi) is 6.29. The molecule has 0 fully saturated rings. The highest BCUT2D eigenvalue weighted by atomic mass is 16.5. The average molecular weight is 505 g/mol. The smallest absolute Gasteiger partial charge is 0.259 e. The fourth-order valence-corrected chi connectivity index (χ4v) is 4.76. The van der Waals surface area contributed by atoms with E-state index in [0.29, 0.717) is 45.1 Å². The van der Waals surface area contributed by atoms with Crippen LogP contribution in [0.25, 0.3) is 11.1 Å². The van der Waals surface area contributed by atoms with Crippen LogP contribution in [0.15, 0.2) is 84.9 Å². The summed E-state index contributed by atoms with van der Waals surface area (Å²) in [5.41, 5.74) is 9.66. The number of ether oxygens (including phenoxy) is 2.